The number of nitrogens with zero attached hydrogens (tertiary/aromatic N) is 1. The maximum absolute atomic E-state index is 11.8. The van der Waals surface area contributed by atoms with Gasteiger partial charge in [-0.05, 0) is 19.8 Å². The van der Waals surface area contributed by atoms with Gasteiger partial charge in [-0.1, -0.05) is 12.8 Å². The van der Waals surface area contributed by atoms with Crippen LogP contribution in [0.2, 0.25) is 0 Å². The fourth-order valence-corrected chi connectivity index (χ4v) is 3.10. The van der Waals surface area contributed by atoms with Crippen LogP contribution in [-0.4, -0.2) is 60.4 Å². The average molecular weight is 256 g/mol. The Balaban J connectivity index is 1.96. The summed E-state index contributed by atoms with van der Waals surface area (Å²) in [6.07, 6.45) is 3.96. The molecule has 0 spiro atoms. The Bertz CT molecular complexity index is 315. The predicted octanol–water partition coefficient (Wildman–Crippen LogP) is 0.128. The maximum atomic E-state index is 11.8. The highest BCUT2D eigenvalue weighted by Gasteiger charge is 2.41. The van der Waals surface area contributed by atoms with Crippen LogP contribution in [0.1, 0.15) is 32.6 Å². The van der Waals surface area contributed by atoms with Gasteiger partial charge < -0.3 is 15.2 Å². The highest BCUT2D eigenvalue weighted by Crippen LogP contribution is 2.31. The molecule has 0 aromatic rings. The molecule has 0 radical (unpaired) electrons. The molecule has 1 aliphatic carbocycles. The number of amides is 1. The lowest BCUT2D eigenvalue weighted by Gasteiger charge is -2.41. The van der Waals surface area contributed by atoms with Gasteiger partial charge >= 0.3 is 0 Å². The molecule has 2 aliphatic rings. The molecule has 5 heteroatoms. The molecule has 5 nitrogen and oxygen atoms in total. The molecule has 2 rings (SSSR count). The van der Waals surface area contributed by atoms with Gasteiger partial charge in [0, 0.05) is 26.7 Å². The second-order valence-corrected chi connectivity index (χ2v) is 5.80. The van der Waals surface area contributed by atoms with E-state index in [0.29, 0.717) is 19.7 Å². The fourth-order valence-electron chi connectivity index (χ4n) is 3.10. The van der Waals surface area contributed by atoms with E-state index in [0.717, 1.165) is 32.2 Å². The summed E-state index contributed by atoms with van der Waals surface area (Å²) in [6.45, 7) is 4.35. The molecule has 0 bridgehead atoms. The van der Waals surface area contributed by atoms with E-state index in [9.17, 15) is 9.90 Å². The zero-order chi connectivity index (χ0) is 13.2. The minimum atomic E-state index is -0.790. The smallest absolute Gasteiger partial charge is 0.253 e. The molecular weight excluding hydrogens is 232 g/mol. The lowest BCUT2D eigenvalue weighted by molar-refractivity contribution is -0.159. The van der Waals surface area contributed by atoms with Gasteiger partial charge in [0.2, 0.25) is 0 Å². The third-order valence-electron chi connectivity index (χ3n) is 4.11. The van der Waals surface area contributed by atoms with Crippen molar-refractivity contribution in [3.8, 4) is 0 Å². The van der Waals surface area contributed by atoms with Gasteiger partial charge in [-0.15, -0.1) is 0 Å². The minimum Gasteiger partial charge on any atom is -0.389 e. The van der Waals surface area contributed by atoms with E-state index < -0.39 is 11.2 Å². The van der Waals surface area contributed by atoms with Crippen molar-refractivity contribution in [2.24, 2.45) is 0 Å². The summed E-state index contributed by atoms with van der Waals surface area (Å²) >= 11 is 0. The number of ether oxygens (including phenoxy) is 1. The van der Waals surface area contributed by atoms with Crippen LogP contribution in [0.25, 0.3) is 0 Å². The van der Waals surface area contributed by atoms with Gasteiger partial charge in [-0.3, -0.25) is 9.69 Å². The van der Waals surface area contributed by atoms with Gasteiger partial charge in [0.15, 0.2) is 5.60 Å². The van der Waals surface area contributed by atoms with Crippen molar-refractivity contribution in [3.63, 3.8) is 0 Å². The largest absolute Gasteiger partial charge is 0.389 e. The van der Waals surface area contributed by atoms with Crippen LogP contribution < -0.4 is 5.32 Å². The van der Waals surface area contributed by atoms with Crippen molar-refractivity contribution in [1.82, 2.24) is 10.2 Å². The van der Waals surface area contributed by atoms with Crippen LogP contribution in [-0.2, 0) is 9.53 Å². The average Bonchev–Trinajstić information content (AvgIpc) is 2.74. The van der Waals surface area contributed by atoms with E-state index in [1.54, 1.807) is 7.05 Å². The Morgan fingerprint density at radius 2 is 2.11 bits per heavy atom. The van der Waals surface area contributed by atoms with Crippen molar-refractivity contribution in [3.05, 3.63) is 0 Å². The molecule has 2 N–H and O–H groups in total. The van der Waals surface area contributed by atoms with Crippen molar-refractivity contribution in [2.75, 3.05) is 33.3 Å². The number of nitrogens with one attached hydrogen (secondary N) is 1. The first-order valence-corrected chi connectivity index (χ1v) is 6.78. The van der Waals surface area contributed by atoms with Crippen molar-refractivity contribution in [2.45, 2.75) is 43.8 Å². The van der Waals surface area contributed by atoms with Crippen molar-refractivity contribution >= 4 is 5.91 Å². The highest BCUT2D eigenvalue weighted by molar-refractivity contribution is 5.84. The van der Waals surface area contributed by atoms with Crippen LogP contribution in [0.5, 0.6) is 0 Å². The second kappa shape index (κ2) is 5.15. The van der Waals surface area contributed by atoms with Crippen LogP contribution in [0, 0.1) is 0 Å². The van der Waals surface area contributed by atoms with Crippen LogP contribution >= 0.6 is 0 Å². The van der Waals surface area contributed by atoms with Crippen LogP contribution in [0.4, 0.5) is 0 Å². The zero-order valence-electron chi connectivity index (χ0n) is 11.4. The molecule has 1 amide bonds. The maximum Gasteiger partial charge on any atom is 0.253 e. The number of likely N-dealkylation sites (N-methyl/N-ethyl adjacent to an activating group) is 1. The van der Waals surface area contributed by atoms with Gasteiger partial charge in [0.1, 0.15) is 0 Å². The number of β-amino-alcohol motifs (C(OH)–C–C–N with tert-alkyl or cyclic N) is 1. The molecule has 0 aromatic heterocycles. The molecule has 2 fully saturated rings. The molecule has 1 atom stereocenters. The summed E-state index contributed by atoms with van der Waals surface area (Å²) in [5.41, 5.74) is -1.34. The monoisotopic (exact) mass is 256 g/mol. The summed E-state index contributed by atoms with van der Waals surface area (Å²) in [4.78, 5) is 14.0. The van der Waals surface area contributed by atoms with E-state index in [4.69, 9.17) is 4.74 Å². The first-order valence-electron chi connectivity index (χ1n) is 6.78. The minimum absolute atomic E-state index is 0.0920. The highest BCUT2D eigenvalue weighted by atomic mass is 16.5. The number of carbonyl (C=O) groups is 1. The SMILES string of the molecule is CNC(=O)[C@]1(C)CN(CC2(O)CCCC2)CCO1. The molecule has 1 aliphatic heterocycles. The number of aliphatic hydroxyl groups is 1. The second-order valence-electron chi connectivity index (χ2n) is 5.80. The third kappa shape index (κ3) is 2.84. The number of morpholine rings is 1. The van der Waals surface area contributed by atoms with Crippen molar-refractivity contribution in [1.29, 1.82) is 0 Å². The fraction of sp³-hybridized carbons (Fsp3) is 0.923. The number of hydrogen-bond donors (Lipinski definition) is 2. The molecule has 1 heterocycles. The Labute approximate surface area is 108 Å². The van der Waals surface area contributed by atoms with E-state index in [1.807, 2.05) is 6.92 Å². The van der Waals surface area contributed by atoms with E-state index in [1.165, 1.54) is 0 Å². The molecule has 0 aromatic carbocycles. The van der Waals surface area contributed by atoms with Gasteiger partial charge in [0.25, 0.3) is 5.91 Å². The quantitative estimate of drug-likeness (QED) is 0.753. The number of rotatable bonds is 3. The molecule has 0 unspecified atom stereocenters. The van der Waals surface area contributed by atoms with Gasteiger partial charge in [-0.2, -0.15) is 0 Å². The van der Waals surface area contributed by atoms with Gasteiger partial charge in [-0.25, -0.2) is 0 Å². The molecule has 18 heavy (non-hydrogen) atoms. The van der Waals surface area contributed by atoms with Gasteiger partial charge in [0.05, 0.1) is 12.2 Å². The summed E-state index contributed by atoms with van der Waals surface area (Å²) in [5, 5.41) is 13.1. The molecule has 1 saturated heterocycles. The van der Waals surface area contributed by atoms with E-state index in [2.05, 4.69) is 10.2 Å². The topological polar surface area (TPSA) is 61.8 Å². The molecular formula is C13H24N2O3. The van der Waals surface area contributed by atoms with Crippen LogP contribution in [0.3, 0.4) is 0 Å². The first kappa shape index (κ1) is 13.8. The Morgan fingerprint density at radius 1 is 1.44 bits per heavy atom. The summed E-state index contributed by atoms with van der Waals surface area (Å²) in [5.74, 6) is -0.0920. The number of hydrogen-bond acceptors (Lipinski definition) is 4. The molecule has 1 saturated carbocycles. The standard InChI is InChI=1S/C13H24N2O3/c1-12(11(16)14-2)9-15(7-8-18-12)10-13(17)5-3-4-6-13/h17H,3-10H2,1-2H3,(H,14,16)/t12-/m0/s1. The predicted molar refractivity (Wildman–Crippen MR) is 68.3 cm³/mol. The number of carbonyl (C=O) groups excluding carboxylic acids is 1. The van der Waals surface area contributed by atoms with Crippen molar-refractivity contribution < 1.29 is 14.6 Å². The van der Waals surface area contributed by atoms with E-state index in [-0.39, 0.29) is 5.91 Å². The van der Waals surface area contributed by atoms with Crippen LogP contribution in [0.15, 0.2) is 0 Å². The first-order chi connectivity index (χ1) is 8.47. The lowest BCUT2D eigenvalue weighted by Crippen LogP contribution is -2.59. The zero-order valence-corrected chi connectivity index (χ0v) is 11.4. The summed E-state index contributed by atoms with van der Waals surface area (Å²) < 4.78 is 5.61. The lowest BCUT2D eigenvalue weighted by atomic mass is 9.98. The summed E-state index contributed by atoms with van der Waals surface area (Å²) in [6, 6.07) is 0. The Hall–Kier alpha value is -0.650. The Kier molecular flexibility index (Phi) is 3.94. The Morgan fingerprint density at radius 3 is 2.72 bits per heavy atom. The van der Waals surface area contributed by atoms with E-state index >= 15 is 0 Å². The summed E-state index contributed by atoms with van der Waals surface area (Å²) in [7, 11) is 1.63. The molecule has 104 valence electrons. The normalized spacial score (nSPS) is 32.4. The third-order valence-corrected chi connectivity index (χ3v) is 4.11.